The van der Waals surface area contributed by atoms with Gasteiger partial charge in [0.2, 0.25) is 0 Å². The molecule has 0 saturated carbocycles. The summed E-state index contributed by atoms with van der Waals surface area (Å²) in [6, 6.07) is 11.7. The first-order valence-corrected chi connectivity index (χ1v) is 14.4. The van der Waals surface area contributed by atoms with E-state index in [2.05, 4.69) is 24.5 Å². The van der Waals surface area contributed by atoms with Gasteiger partial charge in [-0.25, -0.2) is 0 Å². The minimum atomic E-state index is -0.390. The lowest BCUT2D eigenvalue weighted by molar-refractivity contribution is -0.117. The van der Waals surface area contributed by atoms with Gasteiger partial charge >= 0.3 is 0 Å². The number of halogens is 1. The molecule has 0 bridgehead atoms. The summed E-state index contributed by atoms with van der Waals surface area (Å²) in [6.07, 6.45) is 6.82. The second kappa shape index (κ2) is 11.8. The Morgan fingerprint density at radius 1 is 0.949 bits per heavy atom. The Labute approximate surface area is 236 Å². The maximum Gasteiger partial charge on any atom is 0.165 e. The Morgan fingerprint density at radius 3 is 2.21 bits per heavy atom. The minimum Gasteiger partial charge on any atom is -0.490 e. The van der Waals surface area contributed by atoms with Gasteiger partial charge in [-0.2, -0.15) is 0 Å². The summed E-state index contributed by atoms with van der Waals surface area (Å²) in [5, 5.41) is 0.644. The molecule has 0 unspecified atom stereocenters. The normalized spacial score (nSPS) is 17.8. The van der Waals surface area contributed by atoms with Gasteiger partial charge in [0.1, 0.15) is 6.61 Å². The van der Waals surface area contributed by atoms with Crippen molar-refractivity contribution in [1.82, 2.24) is 4.90 Å². The Balaban J connectivity index is 1.66. The number of benzene rings is 2. The highest BCUT2D eigenvalue weighted by Crippen LogP contribution is 2.50. The Morgan fingerprint density at radius 2 is 1.62 bits per heavy atom. The van der Waals surface area contributed by atoms with Crippen molar-refractivity contribution in [2.45, 2.75) is 71.3 Å². The van der Waals surface area contributed by atoms with E-state index in [4.69, 9.17) is 21.1 Å². The Bertz CT molecular complexity index is 1330. The molecule has 5 rings (SSSR count). The summed E-state index contributed by atoms with van der Waals surface area (Å²) < 4.78 is 12.5. The van der Waals surface area contributed by atoms with Gasteiger partial charge in [0.05, 0.1) is 6.61 Å². The van der Waals surface area contributed by atoms with Crippen LogP contribution in [0.1, 0.15) is 75.0 Å². The van der Waals surface area contributed by atoms with E-state index in [-0.39, 0.29) is 11.6 Å². The molecule has 5 nitrogen and oxygen atoms in total. The smallest absolute Gasteiger partial charge is 0.165 e. The van der Waals surface area contributed by atoms with Crippen LogP contribution in [-0.4, -0.2) is 29.6 Å². The summed E-state index contributed by atoms with van der Waals surface area (Å²) >= 11 is 6.39. The number of allylic oxidation sites excluding steroid dienone is 5. The standard InChI is InChI=1S/C33H36ClNO4/c1-4-11-21-18-23(19-29(38-6-3)33(21)39-20-22-12-7-8-13-24(22)34)30-31-25(14-9-16-27(31)36)35(5-2)26-15-10-17-28(37)32(26)30/h4,7-8,12-13,18-19,30H,1,5-6,9-11,14-17,20H2,2-3H3. The maximum absolute atomic E-state index is 13.5. The number of nitrogens with zero attached hydrogens (tertiary/aromatic N) is 1. The highest BCUT2D eigenvalue weighted by Gasteiger charge is 2.43. The average Bonchev–Trinajstić information content (AvgIpc) is 2.93. The first-order valence-electron chi connectivity index (χ1n) is 14.0. The predicted octanol–water partition coefficient (Wildman–Crippen LogP) is 7.48. The number of rotatable bonds is 9. The number of hydrogen-bond acceptors (Lipinski definition) is 5. The second-order valence-electron chi connectivity index (χ2n) is 10.3. The number of ketones is 2. The quantitative estimate of drug-likeness (QED) is 0.306. The summed E-state index contributed by atoms with van der Waals surface area (Å²) in [4.78, 5) is 29.3. The maximum atomic E-state index is 13.5. The van der Waals surface area contributed by atoms with Crippen molar-refractivity contribution < 1.29 is 19.1 Å². The third kappa shape index (κ3) is 5.17. The summed E-state index contributed by atoms with van der Waals surface area (Å²) in [6.45, 7) is 9.52. The monoisotopic (exact) mass is 545 g/mol. The van der Waals surface area contributed by atoms with E-state index in [1.165, 1.54) is 0 Å². The van der Waals surface area contributed by atoms with Gasteiger partial charge in [-0.15, -0.1) is 6.58 Å². The molecule has 6 heteroatoms. The van der Waals surface area contributed by atoms with Gasteiger partial charge in [0.25, 0.3) is 0 Å². The van der Waals surface area contributed by atoms with Crippen LogP contribution < -0.4 is 9.47 Å². The van der Waals surface area contributed by atoms with Crippen molar-refractivity contribution in [1.29, 1.82) is 0 Å². The fourth-order valence-electron chi connectivity index (χ4n) is 6.28. The lowest BCUT2D eigenvalue weighted by Crippen LogP contribution is -2.39. The van der Waals surface area contributed by atoms with Crippen LogP contribution in [0.2, 0.25) is 5.02 Å². The lowest BCUT2D eigenvalue weighted by Gasteiger charge is -2.43. The molecule has 1 heterocycles. The largest absolute Gasteiger partial charge is 0.490 e. The van der Waals surface area contributed by atoms with Crippen molar-refractivity contribution in [3.05, 3.63) is 93.3 Å². The minimum absolute atomic E-state index is 0.145. The number of ether oxygens (including phenoxy) is 2. The van der Waals surface area contributed by atoms with Crippen molar-refractivity contribution in [3.8, 4) is 11.5 Å². The van der Waals surface area contributed by atoms with Crippen LogP contribution >= 0.6 is 11.6 Å². The number of carbonyl (C=O) groups excluding carboxylic acids is 2. The fourth-order valence-corrected chi connectivity index (χ4v) is 6.47. The first-order chi connectivity index (χ1) is 19.0. The molecular weight excluding hydrogens is 510 g/mol. The zero-order valence-electron chi connectivity index (χ0n) is 22.9. The van der Waals surface area contributed by atoms with Crippen LogP contribution in [0.3, 0.4) is 0 Å². The number of carbonyl (C=O) groups is 2. The summed E-state index contributed by atoms with van der Waals surface area (Å²) in [7, 11) is 0. The van der Waals surface area contributed by atoms with E-state index in [1.807, 2.05) is 43.3 Å². The van der Waals surface area contributed by atoms with Crippen LogP contribution in [-0.2, 0) is 22.6 Å². The van der Waals surface area contributed by atoms with Crippen molar-refractivity contribution in [2.75, 3.05) is 13.2 Å². The molecule has 0 spiro atoms. The van der Waals surface area contributed by atoms with Crippen LogP contribution in [0.5, 0.6) is 11.5 Å². The average molecular weight is 546 g/mol. The SMILES string of the molecule is C=CCc1cc(C2C3=C(CCCC3=O)N(CC)C3=C2C(=O)CCC3)cc(OCC)c1OCc1ccccc1Cl. The molecule has 0 radical (unpaired) electrons. The molecule has 2 aromatic rings. The van der Waals surface area contributed by atoms with Crippen molar-refractivity contribution >= 4 is 23.2 Å². The molecule has 39 heavy (non-hydrogen) atoms. The summed E-state index contributed by atoms with van der Waals surface area (Å²) in [5.41, 5.74) is 6.45. The molecule has 0 aromatic heterocycles. The van der Waals surface area contributed by atoms with E-state index < -0.39 is 5.92 Å². The van der Waals surface area contributed by atoms with E-state index in [0.29, 0.717) is 49.0 Å². The molecule has 3 aliphatic rings. The van der Waals surface area contributed by atoms with E-state index in [1.54, 1.807) is 0 Å². The number of hydrogen-bond donors (Lipinski definition) is 0. The Hall–Kier alpha value is -3.31. The van der Waals surface area contributed by atoms with Gasteiger partial charge in [0.15, 0.2) is 23.1 Å². The third-order valence-corrected chi connectivity index (χ3v) is 8.25. The molecule has 0 saturated heterocycles. The molecular formula is C33H36ClNO4. The van der Waals surface area contributed by atoms with E-state index in [0.717, 1.165) is 71.5 Å². The van der Waals surface area contributed by atoms with E-state index in [9.17, 15) is 9.59 Å². The molecule has 0 amide bonds. The zero-order valence-corrected chi connectivity index (χ0v) is 23.6. The van der Waals surface area contributed by atoms with Crippen LogP contribution in [0, 0.1) is 0 Å². The van der Waals surface area contributed by atoms with Crippen molar-refractivity contribution in [3.63, 3.8) is 0 Å². The molecule has 1 aliphatic heterocycles. The zero-order chi connectivity index (χ0) is 27.5. The third-order valence-electron chi connectivity index (χ3n) is 7.88. The van der Waals surface area contributed by atoms with Gasteiger partial charge in [0, 0.05) is 64.0 Å². The molecule has 0 fully saturated rings. The van der Waals surface area contributed by atoms with Crippen molar-refractivity contribution in [2.24, 2.45) is 0 Å². The topological polar surface area (TPSA) is 55.8 Å². The fraction of sp³-hybridized carbons (Fsp3) is 0.394. The highest BCUT2D eigenvalue weighted by atomic mass is 35.5. The lowest BCUT2D eigenvalue weighted by atomic mass is 9.70. The molecule has 2 aliphatic carbocycles. The van der Waals surface area contributed by atoms with Gasteiger partial charge in [-0.3, -0.25) is 9.59 Å². The van der Waals surface area contributed by atoms with Gasteiger partial charge < -0.3 is 14.4 Å². The molecule has 204 valence electrons. The molecule has 0 N–H and O–H groups in total. The van der Waals surface area contributed by atoms with Crippen LogP contribution in [0.4, 0.5) is 0 Å². The van der Waals surface area contributed by atoms with Crippen LogP contribution in [0.25, 0.3) is 0 Å². The summed E-state index contributed by atoms with van der Waals surface area (Å²) in [5.74, 6) is 1.14. The van der Waals surface area contributed by atoms with Crippen LogP contribution in [0.15, 0.2) is 71.6 Å². The first kappa shape index (κ1) is 27.3. The highest BCUT2D eigenvalue weighted by molar-refractivity contribution is 6.31. The van der Waals surface area contributed by atoms with Gasteiger partial charge in [-0.1, -0.05) is 41.9 Å². The Kier molecular flexibility index (Phi) is 8.27. The number of Topliss-reactive ketones (excluding diaryl/α,β-unsaturated/α-hetero) is 2. The predicted molar refractivity (Wildman–Crippen MR) is 154 cm³/mol. The van der Waals surface area contributed by atoms with Gasteiger partial charge in [-0.05, 0) is 63.6 Å². The second-order valence-corrected chi connectivity index (χ2v) is 10.7. The molecule has 2 aromatic carbocycles. The molecule has 0 atom stereocenters. The van der Waals surface area contributed by atoms with E-state index >= 15 is 0 Å².